The van der Waals surface area contributed by atoms with Crippen LogP contribution in [0.25, 0.3) is 0 Å². The predicted molar refractivity (Wildman–Crippen MR) is 78.1 cm³/mol. The molecule has 1 aliphatic carbocycles. The molecule has 100 valence electrons. The molecule has 2 rings (SSSR count). The largest absolute Gasteiger partial charge is 0.261 e. The second kappa shape index (κ2) is 7.13. The number of hydrogen-bond donors (Lipinski definition) is 0. The normalized spacial score (nSPS) is 18.8. The minimum absolute atomic E-state index is 0.250. The summed E-state index contributed by atoms with van der Waals surface area (Å²) in [6, 6.07) is 4.11. The van der Waals surface area contributed by atoms with Gasteiger partial charge in [0.2, 0.25) is 0 Å². The van der Waals surface area contributed by atoms with E-state index in [1.807, 2.05) is 12.3 Å². The highest BCUT2D eigenvalue weighted by Gasteiger charge is 2.16. The van der Waals surface area contributed by atoms with Crippen molar-refractivity contribution in [2.75, 3.05) is 0 Å². The van der Waals surface area contributed by atoms with Crippen molar-refractivity contribution in [1.82, 2.24) is 4.98 Å². The molecule has 0 spiro atoms. The van der Waals surface area contributed by atoms with E-state index in [4.69, 9.17) is 11.6 Å². The van der Waals surface area contributed by atoms with E-state index in [0.29, 0.717) is 0 Å². The minimum atomic E-state index is 0.250. The van der Waals surface area contributed by atoms with Gasteiger partial charge in [-0.25, -0.2) is 0 Å². The number of hydrogen-bond acceptors (Lipinski definition) is 1. The SMILES string of the molecule is Cc1cccnc1CC(Cl)CCC1CCCCC1. The Hall–Kier alpha value is -0.560. The van der Waals surface area contributed by atoms with Gasteiger partial charge in [-0.3, -0.25) is 4.98 Å². The Morgan fingerprint density at radius 1 is 1.33 bits per heavy atom. The van der Waals surface area contributed by atoms with Gasteiger partial charge in [-0.05, 0) is 37.3 Å². The highest BCUT2D eigenvalue weighted by atomic mass is 35.5. The van der Waals surface area contributed by atoms with Crippen LogP contribution >= 0.6 is 11.6 Å². The number of alkyl halides is 1. The van der Waals surface area contributed by atoms with Crippen LogP contribution in [0.3, 0.4) is 0 Å². The molecule has 1 aromatic rings. The van der Waals surface area contributed by atoms with Crippen molar-refractivity contribution < 1.29 is 0 Å². The van der Waals surface area contributed by atoms with E-state index in [2.05, 4.69) is 18.0 Å². The average molecular weight is 266 g/mol. The number of aryl methyl sites for hydroxylation is 1. The van der Waals surface area contributed by atoms with Crippen molar-refractivity contribution in [2.45, 2.75) is 63.7 Å². The molecule has 0 radical (unpaired) electrons. The fourth-order valence-electron chi connectivity index (χ4n) is 2.94. The summed E-state index contributed by atoms with van der Waals surface area (Å²) in [5.74, 6) is 0.935. The van der Waals surface area contributed by atoms with Crippen molar-refractivity contribution in [2.24, 2.45) is 5.92 Å². The molecule has 0 bridgehead atoms. The van der Waals surface area contributed by atoms with Crippen LogP contribution in [0.1, 0.15) is 56.2 Å². The summed E-state index contributed by atoms with van der Waals surface area (Å²) in [5, 5.41) is 0.250. The van der Waals surface area contributed by atoms with E-state index in [9.17, 15) is 0 Å². The maximum atomic E-state index is 6.47. The molecule has 1 nitrogen and oxygen atoms in total. The van der Waals surface area contributed by atoms with Gasteiger partial charge in [-0.1, -0.05) is 38.2 Å². The van der Waals surface area contributed by atoms with Crippen LogP contribution in [0, 0.1) is 12.8 Å². The molecule has 0 N–H and O–H groups in total. The maximum Gasteiger partial charge on any atom is 0.0447 e. The third-order valence-electron chi connectivity index (χ3n) is 4.15. The summed E-state index contributed by atoms with van der Waals surface area (Å²) in [5.41, 5.74) is 2.43. The third kappa shape index (κ3) is 4.28. The van der Waals surface area contributed by atoms with Gasteiger partial charge >= 0.3 is 0 Å². The lowest BCUT2D eigenvalue weighted by molar-refractivity contribution is 0.330. The smallest absolute Gasteiger partial charge is 0.0447 e. The molecule has 0 aliphatic heterocycles. The Morgan fingerprint density at radius 2 is 2.11 bits per heavy atom. The molecule has 0 aromatic carbocycles. The Labute approximate surface area is 116 Å². The number of aromatic nitrogens is 1. The molecular formula is C16H24ClN. The molecule has 18 heavy (non-hydrogen) atoms. The quantitative estimate of drug-likeness (QED) is 0.690. The highest BCUT2D eigenvalue weighted by Crippen LogP contribution is 2.29. The molecule has 2 heteroatoms. The van der Waals surface area contributed by atoms with Crippen molar-refractivity contribution in [1.29, 1.82) is 0 Å². The molecule has 1 unspecified atom stereocenters. The zero-order valence-electron chi connectivity index (χ0n) is 11.4. The van der Waals surface area contributed by atoms with E-state index in [1.165, 1.54) is 49.8 Å². The Balaban J connectivity index is 1.74. The van der Waals surface area contributed by atoms with E-state index in [-0.39, 0.29) is 5.38 Å². The Morgan fingerprint density at radius 3 is 2.83 bits per heavy atom. The number of pyridine rings is 1. The number of nitrogens with zero attached hydrogens (tertiary/aromatic N) is 1. The second-order valence-corrected chi connectivity index (χ2v) is 6.27. The summed E-state index contributed by atoms with van der Waals surface area (Å²) in [4.78, 5) is 4.43. The zero-order chi connectivity index (χ0) is 12.8. The van der Waals surface area contributed by atoms with Crippen LogP contribution < -0.4 is 0 Å². The van der Waals surface area contributed by atoms with E-state index < -0.39 is 0 Å². The standard InChI is InChI=1S/C16H24ClN/c1-13-6-5-11-18-16(13)12-15(17)10-9-14-7-3-2-4-8-14/h5-6,11,14-15H,2-4,7-10,12H2,1H3. The molecule has 1 saturated carbocycles. The van der Waals surface area contributed by atoms with Gasteiger partial charge < -0.3 is 0 Å². The van der Waals surface area contributed by atoms with E-state index in [0.717, 1.165) is 18.8 Å². The first-order valence-electron chi connectivity index (χ1n) is 7.30. The van der Waals surface area contributed by atoms with Gasteiger partial charge in [0, 0.05) is 23.7 Å². The van der Waals surface area contributed by atoms with Crippen LogP contribution in [0.5, 0.6) is 0 Å². The fourth-order valence-corrected chi connectivity index (χ4v) is 3.21. The first-order chi connectivity index (χ1) is 8.75. The monoisotopic (exact) mass is 265 g/mol. The van der Waals surface area contributed by atoms with Crippen molar-refractivity contribution >= 4 is 11.6 Å². The second-order valence-electron chi connectivity index (χ2n) is 5.65. The zero-order valence-corrected chi connectivity index (χ0v) is 12.1. The lowest BCUT2D eigenvalue weighted by atomic mass is 9.85. The van der Waals surface area contributed by atoms with Gasteiger partial charge in [-0.15, -0.1) is 11.6 Å². The summed E-state index contributed by atoms with van der Waals surface area (Å²) >= 11 is 6.47. The maximum absolute atomic E-state index is 6.47. The summed E-state index contributed by atoms with van der Waals surface area (Å²) in [6.07, 6.45) is 12.4. The molecule has 1 heterocycles. The molecule has 1 aliphatic rings. The molecule has 0 amide bonds. The van der Waals surface area contributed by atoms with Gasteiger partial charge in [-0.2, -0.15) is 0 Å². The van der Waals surface area contributed by atoms with Crippen LogP contribution in [0.2, 0.25) is 0 Å². The van der Waals surface area contributed by atoms with Crippen molar-refractivity contribution in [3.05, 3.63) is 29.6 Å². The molecular weight excluding hydrogens is 242 g/mol. The van der Waals surface area contributed by atoms with E-state index in [1.54, 1.807) is 0 Å². The number of halogens is 1. The van der Waals surface area contributed by atoms with Crippen molar-refractivity contribution in [3.8, 4) is 0 Å². The predicted octanol–water partition coefficient (Wildman–Crippen LogP) is 4.90. The minimum Gasteiger partial charge on any atom is -0.261 e. The molecule has 1 aromatic heterocycles. The summed E-state index contributed by atoms with van der Waals surface area (Å²) in [6.45, 7) is 2.12. The third-order valence-corrected chi connectivity index (χ3v) is 4.52. The van der Waals surface area contributed by atoms with Crippen molar-refractivity contribution in [3.63, 3.8) is 0 Å². The van der Waals surface area contributed by atoms with Gasteiger partial charge in [0.15, 0.2) is 0 Å². The van der Waals surface area contributed by atoms with Gasteiger partial charge in [0.25, 0.3) is 0 Å². The molecule has 0 saturated heterocycles. The fraction of sp³-hybridized carbons (Fsp3) is 0.688. The summed E-state index contributed by atoms with van der Waals surface area (Å²) < 4.78 is 0. The van der Waals surface area contributed by atoms with Crippen LogP contribution in [0.4, 0.5) is 0 Å². The van der Waals surface area contributed by atoms with E-state index >= 15 is 0 Å². The Bertz CT molecular complexity index is 358. The number of rotatable bonds is 5. The molecule has 1 fully saturated rings. The van der Waals surface area contributed by atoms with Gasteiger partial charge in [0.05, 0.1) is 0 Å². The summed E-state index contributed by atoms with van der Waals surface area (Å²) in [7, 11) is 0. The first-order valence-corrected chi connectivity index (χ1v) is 7.74. The first kappa shape index (κ1) is 13.9. The Kier molecular flexibility index (Phi) is 5.49. The van der Waals surface area contributed by atoms with Crippen LogP contribution in [-0.2, 0) is 6.42 Å². The average Bonchev–Trinajstić information content (AvgIpc) is 2.40. The topological polar surface area (TPSA) is 12.9 Å². The highest BCUT2D eigenvalue weighted by molar-refractivity contribution is 6.20. The van der Waals surface area contributed by atoms with Gasteiger partial charge in [0.1, 0.15) is 0 Å². The lowest BCUT2D eigenvalue weighted by Gasteiger charge is -2.22. The lowest BCUT2D eigenvalue weighted by Crippen LogP contribution is -2.11. The van der Waals surface area contributed by atoms with Crippen LogP contribution in [-0.4, -0.2) is 10.4 Å². The molecule has 1 atom stereocenters. The van der Waals surface area contributed by atoms with Crippen LogP contribution in [0.15, 0.2) is 18.3 Å².